The number of halogens is 3. The van der Waals surface area contributed by atoms with Gasteiger partial charge in [0, 0.05) is 5.69 Å². The fraction of sp³-hybridized carbons (Fsp3) is 0.353. The average Bonchev–Trinajstić information content (AvgIpc) is 3.22. The van der Waals surface area contributed by atoms with Gasteiger partial charge in [0.05, 0.1) is 11.6 Å². The van der Waals surface area contributed by atoms with Gasteiger partial charge in [-0.05, 0) is 56.3 Å². The quantitative estimate of drug-likeness (QED) is 0.819. The molecular weight excluding hydrogens is 354 g/mol. The van der Waals surface area contributed by atoms with Crippen LogP contribution in [0.25, 0.3) is 0 Å². The summed E-state index contributed by atoms with van der Waals surface area (Å²) >= 11 is 5.86. The van der Waals surface area contributed by atoms with E-state index in [4.69, 9.17) is 16.0 Å². The van der Waals surface area contributed by atoms with Crippen LogP contribution in [0.4, 0.5) is 14.5 Å². The molecule has 1 saturated heterocycles. The molecule has 0 atom stereocenters. The molecule has 1 amide bonds. The zero-order chi connectivity index (χ0) is 17.8. The fourth-order valence-electron chi connectivity index (χ4n) is 2.71. The molecule has 8 heteroatoms. The molecule has 2 heterocycles. The number of likely N-dealkylation sites (tertiary alicyclic amines) is 1. The first-order chi connectivity index (χ1) is 12.0. The minimum absolute atomic E-state index is 0.0210. The lowest BCUT2D eigenvalue weighted by atomic mass is 10.3. The zero-order valence-electron chi connectivity index (χ0n) is 13.3. The van der Waals surface area contributed by atoms with Gasteiger partial charge in [-0.3, -0.25) is 9.69 Å². The normalized spacial score (nSPS) is 14.9. The summed E-state index contributed by atoms with van der Waals surface area (Å²) in [5, 5.41) is 2.59. The predicted octanol–water partition coefficient (Wildman–Crippen LogP) is 4.38. The Hall–Kier alpha value is -2.12. The maximum absolute atomic E-state index is 12.2. The van der Waals surface area contributed by atoms with Crippen molar-refractivity contribution in [3.8, 4) is 5.75 Å². The van der Waals surface area contributed by atoms with Crippen LogP contribution in [0.3, 0.4) is 0 Å². The van der Waals surface area contributed by atoms with E-state index in [0.29, 0.717) is 12.2 Å². The molecular formula is C17H17ClF2N2O3. The van der Waals surface area contributed by atoms with Gasteiger partial charge in [-0.25, -0.2) is 0 Å². The topological polar surface area (TPSA) is 54.7 Å². The number of hydrogen-bond acceptors (Lipinski definition) is 4. The minimum atomic E-state index is -2.96. The molecule has 0 saturated carbocycles. The predicted molar refractivity (Wildman–Crippen MR) is 89.3 cm³/mol. The highest BCUT2D eigenvalue weighted by molar-refractivity contribution is 6.32. The summed E-state index contributed by atoms with van der Waals surface area (Å²) in [5.74, 6) is 0.316. The van der Waals surface area contributed by atoms with Crippen LogP contribution >= 0.6 is 11.6 Å². The van der Waals surface area contributed by atoms with Gasteiger partial charge < -0.3 is 14.5 Å². The molecule has 0 unspecified atom stereocenters. The molecule has 0 radical (unpaired) electrons. The van der Waals surface area contributed by atoms with Crippen LogP contribution in [0.5, 0.6) is 5.75 Å². The van der Waals surface area contributed by atoms with Crippen molar-refractivity contribution >= 4 is 23.2 Å². The van der Waals surface area contributed by atoms with Crippen molar-refractivity contribution in [2.45, 2.75) is 26.0 Å². The zero-order valence-corrected chi connectivity index (χ0v) is 14.1. The molecule has 0 aliphatic carbocycles. The molecule has 1 aliphatic rings. The van der Waals surface area contributed by atoms with Crippen molar-refractivity contribution in [3.63, 3.8) is 0 Å². The van der Waals surface area contributed by atoms with E-state index in [2.05, 4.69) is 15.0 Å². The van der Waals surface area contributed by atoms with E-state index in [1.54, 1.807) is 12.1 Å². The fourth-order valence-corrected chi connectivity index (χ4v) is 2.93. The third-order valence-electron chi connectivity index (χ3n) is 3.87. The van der Waals surface area contributed by atoms with Gasteiger partial charge in [0.15, 0.2) is 5.76 Å². The molecule has 2 aromatic rings. The Morgan fingerprint density at radius 3 is 2.72 bits per heavy atom. The summed E-state index contributed by atoms with van der Waals surface area (Å²) in [6.07, 6.45) is 2.36. The lowest BCUT2D eigenvalue weighted by molar-refractivity contribution is -0.0497. The van der Waals surface area contributed by atoms with Crippen molar-refractivity contribution in [2.75, 3.05) is 18.4 Å². The monoisotopic (exact) mass is 370 g/mol. The summed E-state index contributed by atoms with van der Waals surface area (Å²) in [6.45, 7) is -0.213. The van der Waals surface area contributed by atoms with Crippen LogP contribution in [0.2, 0.25) is 5.02 Å². The van der Waals surface area contributed by atoms with Gasteiger partial charge in [-0.1, -0.05) is 11.6 Å². The highest BCUT2D eigenvalue weighted by Gasteiger charge is 2.17. The number of carbonyl (C=O) groups is 1. The van der Waals surface area contributed by atoms with Crippen LogP contribution in [0.1, 0.15) is 29.2 Å². The smallest absolute Gasteiger partial charge is 0.387 e. The molecule has 0 spiro atoms. The van der Waals surface area contributed by atoms with Crippen molar-refractivity contribution in [1.82, 2.24) is 4.90 Å². The van der Waals surface area contributed by atoms with Crippen molar-refractivity contribution in [1.29, 1.82) is 0 Å². The first-order valence-electron chi connectivity index (χ1n) is 7.88. The molecule has 3 rings (SSSR count). The van der Waals surface area contributed by atoms with Crippen LogP contribution in [-0.2, 0) is 6.54 Å². The van der Waals surface area contributed by atoms with Gasteiger partial charge in [0.2, 0.25) is 0 Å². The van der Waals surface area contributed by atoms with Crippen LogP contribution in [-0.4, -0.2) is 30.5 Å². The van der Waals surface area contributed by atoms with E-state index in [0.717, 1.165) is 18.8 Å². The second kappa shape index (κ2) is 7.84. The minimum Gasteiger partial charge on any atom is -0.455 e. The summed E-state index contributed by atoms with van der Waals surface area (Å²) in [4.78, 5) is 14.5. The van der Waals surface area contributed by atoms with Gasteiger partial charge in [-0.15, -0.1) is 0 Å². The molecule has 1 aromatic heterocycles. The largest absolute Gasteiger partial charge is 0.455 e. The number of ether oxygens (including phenoxy) is 1. The van der Waals surface area contributed by atoms with Crippen LogP contribution in [0.15, 0.2) is 34.7 Å². The third-order valence-corrected chi connectivity index (χ3v) is 4.16. The van der Waals surface area contributed by atoms with Gasteiger partial charge >= 0.3 is 6.61 Å². The van der Waals surface area contributed by atoms with Crippen molar-refractivity contribution in [3.05, 3.63) is 46.9 Å². The number of carbonyl (C=O) groups excluding carboxylic acids is 1. The number of furan rings is 1. The molecule has 25 heavy (non-hydrogen) atoms. The summed E-state index contributed by atoms with van der Waals surface area (Å²) < 4.78 is 34.3. The molecule has 1 fully saturated rings. The first-order valence-corrected chi connectivity index (χ1v) is 8.26. The van der Waals surface area contributed by atoms with Crippen molar-refractivity contribution in [2.24, 2.45) is 0 Å². The average molecular weight is 371 g/mol. The molecule has 1 N–H and O–H groups in total. The number of alkyl halides is 2. The van der Waals surface area contributed by atoms with Gasteiger partial charge in [0.25, 0.3) is 5.91 Å². The van der Waals surface area contributed by atoms with Crippen LogP contribution < -0.4 is 10.1 Å². The maximum Gasteiger partial charge on any atom is 0.387 e. The van der Waals surface area contributed by atoms with E-state index in [-0.39, 0.29) is 16.5 Å². The highest BCUT2D eigenvalue weighted by atomic mass is 35.5. The Morgan fingerprint density at radius 1 is 1.28 bits per heavy atom. The first kappa shape index (κ1) is 17.7. The standard InChI is InChI=1S/C17H17ClF2N2O3/c18-13-9-11(3-5-14(13)25-17(19)20)21-16(23)15-6-4-12(24-15)10-22-7-1-2-8-22/h3-6,9,17H,1-2,7-8,10H2,(H,21,23). The molecule has 1 aromatic carbocycles. The lowest BCUT2D eigenvalue weighted by Gasteiger charge is -2.11. The van der Waals surface area contributed by atoms with E-state index >= 15 is 0 Å². The molecule has 0 bridgehead atoms. The Labute approximate surface area is 148 Å². The number of benzene rings is 1. The van der Waals surface area contributed by atoms with Gasteiger partial charge in [0.1, 0.15) is 11.5 Å². The molecule has 1 aliphatic heterocycles. The number of amides is 1. The second-order valence-electron chi connectivity index (χ2n) is 5.73. The SMILES string of the molecule is O=C(Nc1ccc(OC(F)F)c(Cl)c1)c1ccc(CN2CCCC2)o1. The summed E-state index contributed by atoms with van der Waals surface area (Å²) in [7, 11) is 0. The van der Waals surface area contributed by atoms with E-state index < -0.39 is 12.5 Å². The Kier molecular flexibility index (Phi) is 5.55. The lowest BCUT2D eigenvalue weighted by Crippen LogP contribution is -2.18. The second-order valence-corrected chi connectivity index (χ2v) is 6.13. The molecule has 134 valence electrons. The summed E-state index contributed by atoms with van der Waals surface area (Å²) in [5.41, 5.74) is 0.356. The van der Waals surface area contributed by atoms with E-state index in [1.807, 2.05) is 0 Å². The summed E-state index contributed by atoms with van der Waals surface area (Å²) in [6, 6.07) is 7.42. The van der Waals surface area contributed by atoms with E-state index in [9.17, 15) is 13.6 Å². The number of hydrogen-bond donors (Lipinski definition) is 1. The van der Waals surface area contributed by atoms with Crippen LogP contribution in [0, 0.1) is 0 Å². The van der Waals surface area contributed by atoms with Gasteiger partial charge in [-0.2, -0.15) is 8.78 Å². The highest BCUT2D eigenvalue weighted by Crippen LogP contribution is 2.29. The maximum atomic E-state index is 12.2. The van der Waals surface area contributed by atoms with E-state index in [1.165, 1.54) is 31.0 Å². The Balaban J connectivity index is 1.62. The molecule has 5 nitrogen and oxygen atoms in total. The Bertz CT molecular complexity index is 745. The number of nitrogens with zero attached hydrogens (tertiary/aromatic N) is 1. The Morgan fingerprint density at radius 2 is 2.04 bits per heavy atom. The third kappa shape index (κ3) is 4.70. The number of nitrogens with one attached hydrogen (secondary N) is 1. The number of rotatable bonds is 6. The van der Waals surface area contributed by atoms with Crippen molar-refractivity contribution < 1.29 is 22.7 Å². The number of anilines is 1.